The van der Waals surface area contributed by atoms with Gasteiger partial charge in [0.2, 0.25) is 0 Å². The quantitative estimate of drug-likeness (QED) is 0.673. The zero-order valence-electron chi connectivity index (χ0n) is 16.8. The Morgan fingerprint density at radius 1 is 1.28 bits per heavy atom. The van der Waals surface area contributed by atoms with E-state index in [9.17, 15) is 4.79 Å². The highest BCUT2D eigenvalue weighted by Crippen LogP contribution is 2.29. The van der Waals surface area contributed by atoms with Crippen LogP contribution in [0.2, 0.25) is 0 Å². The summed E-state index contributed by atoms with van der Waals surface area (Å²) in [5.41, 5.74) is 2.94. The molecule has 3 heterocycles. The molecule has 2 amide bonds. The lowest BCUT2D eigenvalue weighted by Crippen LogP contribution is -2.43. The van der Waals surface area contributed by atoms with Crippen molar-refractivity contribution < 1.29 is 9.53 Å². The minimum atomic E-state index is -0.178. The highest BCUT2D eigenvalue weighted by atomic mass is 16.5. The lowest BCUT2D eigenvalue weighted by molar-refractivity contribution is 0.0998. The maximum Gasteiger partial charge on any atom is 0.315 e. The number of fused-ring (bicyclic) bond motifs is 1. The Hall–Kier alpha value is -2.93. The summed E-state index contributed by atoms with van der Waals surface area (Å²) in [5, 5.41) is 11.5. The molecule has 4 rings (SSSR count). The fraction of sp³-hybridized carbons (Fsp3) is 0.409. The fourth-order valence-corrected chi connectivity index (χ4v) is 3.62. The molecule has 0 spiro atoms. The van der Waals surface area contributed by atoms with E-state index in [0.29, 0.717) is 25.6 Å². The molecule has 0 radical (unpaired) electrons. The molecule has 0 saturated carbocycles. The number of carbonyl (C=O) groups is 1. The summed E-state index contributed by atoms with van der Waals surface area (Å²) >= 11 is 0. The summed E-state index contributed by atoms with van der Waals surface area (Å²) in [6.07, 6.45) is 5.14. The standard InChI is InChI=1S/C22H27N5O2/c1-15(2)27-14-17(13-24-27)21-20(10-12-29-21)26-22(28)23-11-9-18-8-7-16-5-3-4-6-19(16)25-18/h3-8,13-15,20-21H,9-12H2,1-2H3,(H2,23,26,28)/t20-,21+/m1/s1. The number of benzene rings is 1. The molecule has 2 atom stereocenters. The molecule has 0 aliphatic carbocycles. The van der Waals surface area contributed by atoms with Crippen LogP contribution in [0, 0.1) is 0 Å². The molecule has 1 aliphatic heterocycles. The molecule has 1 fully saturated rings. The first-order valence-corrected chi connectivity index (χ1v) is 10.1. The van der Waals surface area contributed by atoms with E-state index in [1.54, 1.807) is 0 Å². The maximum absolute atomic E-state index is 12.4. The topological polar surface area (TPSA) is 81.1 Å². The number of rotatable bonds is 6. The number of nitrogens with one attached hydrogen (secondary N) is 2. The normalized spacial score (nSPS) is 19.0. The molecule has 2 N–H and O–H groups in total. The van der Waals surface area contributed by atoms with Crippen LogP contribution in [0.3, 0.4) is 0 Å². The van der Waals surface area contributed by atoms with Gasteiger partial charge in [-0.1, -0.05) is 24.3 Å². The van der Waals surface area contributed by atoms with Gasteiger partial charge in [0.05, 0.1) is 17.8 Å². The molecule has 7 nitrogen and oxygen atoms in total. The zero-order valence-corrected chi connectivity index (χ0v) is 16.8. The summed E-state index contributed by atoms with van der Waals surface area (Å²) in [6, 6.07) is 12.2. The number of hydrogen-bond donors (Lipinski definition) is 2. The van der Waals surface area contributed by atoms with Crippen molar-refractivity contribution in [3.63, 3.8) is 0 Å². The number of urea groups is 1. The van der Waals surface area contributed by atoms with Gasteiger partial charge in [-0.2, -0.15) is 5.10 Å². The van der Waals surface area contributed by atoms with Crippen molar-refractivity contribution in [2.45, 2.75) is 44.9 Å². The SMILES string of the molecule is CC(C)n1cc([C@@H]2OCC[C@H]2NC(=O)NCCc2ccc3ccccc3n2)cn1. The van der Waals surface area contributed by atoms with Gasteiger partial charge in [-0.25, -0.2) is 4.79 Å². The number of amides is 2. The van der Waals surface area contributed by atoms with Crippen LogP contribution in [-0.4, -0.2) is 40.0 Å². The summed E-state index contributed by atoms with van der Waals surface area (Å²) in [4.78, 5) is 17.0. The van der Waals surface area contributed by atoms with Crippen LogP contribution in [0.5, 0.6) is 0 Å². The molecule has 7 heteroatoms. The lowest BCUT2D eigenvalue weighted by atomic mass is 10.1. The van der Waals surface area contributed by atoms with Gasteiger partial charge in [0.25, 0.3) is 0 Å². The van der Waals surface area contributed by atoms with Crippen LogP contribution >= 0.6 is 0 Å². The molecule has 152 valence electrons. The molecule has 29 heavy (non-hydrogen) atoms. The maximum atomic E-state index is 12.4. The van der Waals surface area contributed by atoms with Crippen LogP contribution in [0.15, 0.2) is 48.8 Å². The first kappa shape index (κ1) is 19.4. The van der Waals surface area contributed by atoms with Gasteiger partial charge in [0.1, 0.15) is 6.10 Å². The van der Waals surface area contributed by atoms with Crippen LogP contribution in [0.4, 0.5) is 4.79 Å². The first-order valence-electron chi connectivity index (χ1n) is 10.1. The number of hydrogen-bond acceptors (Lipinski definition) is 4. The number of nitrogens with zero attached hydrogens (tertiary/aromatic N) is 3. The summed E-state index contributed by atoms with van der Waals surface area (Å²) < 4.78 is 7.76. The van der Waals surface area contributed by atoms with E-state index in [1.165, 1.54) is 0 Å². The fourth-order valence-electron chi connectivity index (χ4n) is 3.62. The number of para-hydroxylation sites is 1. The van der Waals surface area contributed by atoms with Crippen molar-refractivity contribution in [3.8, 4) is 0 Å². The van der Waals surface area contributed by atoms with E-state index in [0.717, 1.165) is 28.6 Å². The van der Waals surface area contributed by atoms with Crippen molar-refractivity contribution >= 4 is 16.9 Å². The molecule has 2 aromatic heterocycles. The number of ether oxygens (including phenoxy) is 1. The molecule has 0 bridgehead atoms. The molecule has 0 unspecified atom stereocenters. The third kappa shape index (κ3) is 4.56. The highest BCUT2D eigenvalue weighted by molar-refractivity contribution is 5.78. The van der Waals surface area contributed by atoms with Crippen molar-refractivity contribution in [2.75, 3.05) is 13.2 Å². The van der Waals surface area contributed by atoms with Crippen LogP contribution in [0.25, 0.3) is 10.9 Å². The van der Waals surface area contributed by atoms with Gasteiger partial charge in [-0.05, 0) is 32.4 Å². The average Bonchev–Trinajstić information content (AvgIpc) is 3.37. The number of aromatic nitrogens is 3. The second kappa shape index (κ2) is 8.61. The van der Waals surface area contributed by atoms with Gasteiger partial charge in [-0.3, -0.25) is 9.67 Å². The molecule has 1 aromatic carbocycles. The van der Waals surface area contributed by atoms with Crippen LogP contribution in [-0.2, 0) is 11.2 Å². The van der Waals surface area contributed by atoms with Gasteiger partial charge in [-0.15, -0.1) is 0 Å². The van der Waals surface area contributed by atoms with E-state index in [-0.39, 0.29) is 18.2 Å². The van der Waals surface area contributed by atoms with Crippen molar-refractivity contribution in [1.29, 1.82) is 0 Å². The Kier molecular flexibility index (Phi) is 5.76. The predicted molar refractivity (Wildman–Crippen MR) is 112 cm³/mol. The Morgan fingerprint density at radius 2 is 2.14 bits per heavy atom. The monoisotopic (exact) mass is 393 g/mol. The van der Waals surface area contributed by atoms with E-state index in [2.05, 4.69) is 40.6 Å². The van der Waals surface area contributed by atoms with E-state index in [4.69, 9.17) is 4.74 Å². The van der Waals surface area contributed by atoms with E-state index < -0.39 is 0 Å². The second-order valence-corrected chi connectivity index (χ2v) is 7.68. The Morgan fingerprint density at radius 3 is 2.97 bits per heavy atom. The molecule has 1 saturated heterocycles. The molecular weight excluding hydrogens is 366 g/mol. The predicted octanol–water partition coefficient (Wildman–Crippen LogP) is 3.38. The Bertz CT molecular complexity index is 984. The zero-order chi connectivity index (χ0) is 20.2. The summed E-state index contributed by atoms with van der Waals surface area (Å²) in [6.45, 7) is 5.32. The largest absolute Gasteiger partial charge is 0.371 e. The first-order chi connectivity index (χ1) is 14.1. The van der Waals surface area contributed by atoms with E-state index >= 15 is 0 Å². The summed E-state index contributed by atoms with van der Waals surface area (Å²) in [7, 11) is 0. The van der Waals surface area contributed by atoms with Crippen molar-refractivity contribution in [3.05, 3.63) is 60.0 Å². The second-order valence-electron chi connectivity index (χ2n) is 7.68. The minimum Gasteiger partial charge on any atom is -0.371 e. The molecular formula is C22H27N5O2. The van der Waals surface area contributed by atoms with Crippen molar-refractivity contribution in [1.82, 2.24) is 25.4 Å². The minimum absolute atomic E-state index is 0.0568. The van der Waals surface area contributed by atoms with Crippen LogP contribution < -0.4 is 10.6 Å². The average molecular weight is 393 g/mol. The van der Waals surface area contributed by atoms with Gasteiger partial charge < -0.3 is 15.4 Å². The lowest BCUT2D eigenvalue weighted by Gasteiger charge is -2.19. The molecule has 1 aliphatic rings. The van der Waals surface area contributed by atoms with E-state index in [1.807, 2.05) is 47.4 Å². The van der Waals surface area contributed by atoms with Gasteiger partial charge >= 0.3 is 6.03 Å². The van der Waals surface area contributed by atoms with Crippen molar-refractivity contribution in [2.24, 2.45) is 0 Å². The summed E-state index contributed by atoms with van der Waals surface area (Å²) in [5.74, 6) is 0. The van der Waals surface area contributed by atoms with Gasteiger partial charge in [0, 0.05) is 48.5 Å². The van der Waals surface area contributed by atoms with Gasteiger partial charge in [0.15, 0.2) is 0 Å². The smallest absolute Gasteiger partial charge is 0.315 e. The molecule has 3 aromatic rings. The third-order valence-corrected chi connectivity index (χ3v) is 5.21. The number of carbonyl (C=O) groups excluding carboxylic acids is 1. The third-order valence-electron chi connectivity index (χ3n) is 5.21. The highest BCUT2D eigenvalue weighted by Gasteiger charge is 2.32. The van der Waals surface area contributed by atoms with Crippen LogP contribution in [0.1, 0.15) is 43.7 Å². The Labute approximate surface area is 170 Å². The Balaban J connectivity index is 1.29. The number of pyridine rings is 1.